The van der Waals surface area contributed by atoms with E-state index in [1.54, 1.807) is 24.1 Å². The van der Waals surface area contributed by atoms with Crippen LogP contribution in [0.3, 0.4) is 0 Å². The van der Waals surface area contributed by atoms with Crippen molar-refractivity contribution < 1.29 is 9.59 Å². The topological polar surface area (TPSA) is 82.2 Å². The van der Waals surface area contributed by atoms with Crippen LogP contribution in [0.2, 0.25) is 0 Å². The van der Waals surface area contributed by atoms with Gasteiger partial charge in [0.15, 0.2) is 5.78 Å². The summed E-state index contributed by atoms with van der Waals surface area (Å²) in [6.45, 7) is 7.74. The van der Waals surface area contributed by atoms with Crippen LogP contribution in [0.15, 0.2) is 24.8 Å². The molecule has 1 unspecified atom stereocenters. The molecule has 0 saturated carbocycles. The third-order valence-corrected chi connectivity index (χ3v) is 4.76. The van der Waals surface area contributed by atoms with Crippen LogP contribution in [0.1, 0.15) is 40.5 Å². The van der Waals surface area contributed by atoms with Crippen molar-refractivity contribution in [1.82, 2.24) is 25.2 Å². The van der Waals surface area contributed by atoms with Gasteiger partial charge in [-0.25, -0.2) is 0 Å². The number of carbonyl (C=O) groups excluding carboxylic acids is 2. The highest BCUT2D eigenvalue weighted by atomic mass is 16.2. The lowest BCUT2D eigenvalue weighted by molar-refractivity contribution is 0.0752. The van der Waals surface area contributed by atoms with Crippen LogP contribution in [0, 0.1) is 0 Å². The summed E-state index contributed by atoms with van der Waals surface area (Å²) in [5.74, 6) is -0.323. The van der Waals surface area contributed by atoms with Crippen molar-refractivity contribution in [3.05, 3.63) is 35.9 Å². The largest absolute Gasteiger partial charge is 0.340 e. The van der Waals surface area contributed by atoms with Gasteiger partial charge in [-0.05, 0) is 38.4 Å². The van der Waals surface area contributed by atoms with Gasteiger partial charge in [0.2, 0.25) is 0 Å². The Balaban J connectivity index is 1.84. The normalized spacial score (nSPS) is 17.8. The summed E-state index contributed by atoms with van der Waals surface area (Å²) >= 11 is 0. The van der Waals surface area contributed by atoms with E-state index in [1.165, 1.54) is 6.92 Å². The number of aromatic nitrogens is 3. The molecule has 0 bridgehead atoms. The molecule has 1 aromatic heterocycles. The first-order valence-corrected chi connectivity index (χ1v) is 8.47. The number of ketones is 1. The van der Waals surface area contributed by atoms with Crippen molar-refractivity contribution >= 4 is 22.7 Å². The van der Waals surface area contributed by atoms with Crippen LogP contribution < -0.4 is 0 Å². The molecule has 3 rings (SSSR count). The van der Waals surface area contributed by atoms with Crippen molar-refractivity contribution in [2.75, 3.05) is 26.7 Å². The molecular formula is C18H23N5O2. The summed E-state index contributed by atoms with van der Waals surface area (Å²) in [5, 5.41) is 10.5. The van der Waals surface area contributed by atoms with E-state index in [-0.39, 0.29) is 11.7 Å². The van der Waals surface area contributed by atoms with Gasteiger partial charge in [-0.3, -0.25) is 14.5 Å². The highest BCUT2D eigenvalue weighted by molar-refractivity contribution is 6.09. The Kier molecular flexibility index (Phi) is 4.94. The van der Waals surface area contributed by atoms with Crippen molar-refractivity contribution in [2.24, 2.45) is 0 Å². The Hall–Kier alpha value is -2.54. The lowest BCUT2D eigenvalue weighted by Crippen LogP contribution is -2.41. The summed E-state index contributed by atoms with van der Waals surface area (Å²) in [7, 11) is 1.78. The maximum absolute atomic E-state index is 13.0. The van der Waals surface area contributed by atoms with Crippen LogP contribution in [-0.4, -0.2) is 69.6 Å². The Labute approximate surface area is 146 Å². The Morgan fingerprint density at radius 3 is 2.68 bits per heavy atom. The molecule has 0 radical (unpaired) electrons. The molecule has 25 heavy (non-hydrogen) atoms. The van der Waals surface area contributed by atoms with Gasteiger partial charge < -0.3 is 4.90 Å². The first-order valence-electron chi connectivity index (χ1n) is 8.47. The van der Waals surface area contributed by atoms with Crippen LogP contribution >= 0.6 is 0 Å². The van der Waals surface area contributed by atoms with E-state index in [0.717, 1.165) is 25.9 Å². The number of benzene rings is 1. The summed E-state index contributed by atoms with van der Waals surface area (Å²) < 4.78 is 0. The molecule has 7 heteroatoms. The van der Waals surface area contributed by atoms with E-state index in [2.05, 4.69) is 26.9 Å². The number of amides is 1. The molecule has 132 valence electrons. The number of likely N-dealkylation sites (N-methyl/N-ethyl adjacent to an activating group) is 1. The molecule has 7 nitrogen and oxygen atoms in total. The number of fused-ring (bicyclic) bond motifs is 1. The first kappa shape index (κ1) is 17.3. The molecule has 0 spiro atoms. The van der Waals surface area contributed by atoms with E-state index in [0.29, 0.717) is 34.7 Å². The minimum atomic E-state index is -0.166. The molecule has 1 saturated heterocycles. The van der Waals surface area contributed by atoms with Crippen molar-refractivity contribution in [2.45, 2.75) is 25.8 Å². The van der Waals surface area contributed by atoms with Gasteiger partial charge in [0.1, 0.15) is 11.0 Å². The molecule has 1 aromatic carbocycles. The Bertz CT molecular complexity index is 813. The lowest BCUT2D eigenvalue weighted by Gasteiger charge is -2.28. The number of nitrogens with one attached hydrogen (secondary N) is 1. The number of H-pyrrole nitrogens is 1. The van der Waals surface area contributed by atoms with Crippen molar-refractivity contribution in [1.29, 1.82) is 0 Å². The first-order chi connectivity index (χ1) is 12.0. The molecule has 1 aliphatic heterocycles. The van der Waals surface area contributed by atoms with Gasteiger partial charge in [0.05, 0.1) is 5.56 Å². The third kappa shape index (κ3) is 3.46. The lowest BCUT2D eigenvalue weighted by atomic mass is 10.0. The van der Waals surface area contributed by atoms with E-state index in [1.807, 2.05) is 6.08 Å². The fraction of sp³-hybridized carbons (Fsp3) is 0.444. The molecule has 2 aromatic rings. The summed E-state index contributed by atoms with van der Waals surface area (Å²) in [4.78, 5) is 29.0. The SMILES string of the molecule is C=CCN1CCCC1CN(C)C(=O)c1cc2n[nH]nc2cc1C(C)=O. The highest BCUT2D eigenvalue weighted by Gasteiger charge is 2.27. The van der Waals surface area contributed by atoms with Crippen molar-refractivity contribution in [3.63, 3.8) is 0 Å². The molecule has 1 N–H and O–H groups in total. The highest BCUT2D eigenvalue weighted by Crippen LogP contribution is 2.21. The number of aromatic amines is 1. The number of hydrogen-bond acceptors (Lipinski definition) is 5. The zero-order valence-corrected chi connectivity index (χ0v) is 14.7. The van der Waals surface area contributed by atoms with Gasteiger partial charge in [0.25, 0.3) is 5.91 Å². The second kappa shape index (κ2) is 7.14. The second-order valence-corrected chi connectivity index (χ2v) is 6.53. The predicted molar refractivity (Wildman–Crippen MR) is 95.6 cm³/mol. The number of carbonyl (C=O) groups is 2. The maximum atomic E-state index is 13.0. The fourth-order valence-corrected chi connectivity index (χ4v) is 3.47. The van der Waals surface area contributed by atoms with Gasteiger partial charge in [-0.2, -0.15) is 15.4 Å². The fourth-order valence-electron chi connectivity index (χ4n) is 3.47. The van der Waals surface area contributed by atoms with E-state index in [4.69, 9.17) is 0 Å². The molecule has 1 amide bonds. The molecule has 0 aliphatic carbocycles. The predicted octanol–water partition coefficient (Wildman–Crippen LogP) is 1.88. The average Bonchev–Trinajstić information content (AvgIpc) is 3.22. The number of hydrogen-bond donors (Lipinski definition) is 1. The van der Waals surface area contributed by atoms with Crippen LogP contribution in [-0.2, 0) is 0 Å². The van der Waals surface area contributed by atoms with Crippen LogP contribution in [0.5, 0.6) is 0 Å². The molecular weight excluding hydrogens is 318 g/mol. The minimum Gasteiger partial charge on any atom is -0.340 e. The summed E-state index contributed by atoms with van der Waals surface area (Å²) in [6.07, 6.45) is 4.09. The minimum absolute atomic E-state index is 0.157. The quantitative estimate of drug-likeness (QED) is 0.641. The average molecular weight is 341 g/mol. The van der Waals surface area contributed by atoms with Crippen LogP contribution in [0.4, 0.5) is 0 Å². The number of Topliss-reactive ketones (excluding diaryl/α,β-unsaturated/α-hetero) is 1. The Morgan fingerprint density at radius 2 is 2.04 bits per heavy atom. The molecule has 1 fully saturated rings. The third-order valence-electron chi connectivity index (χ3n) is 4.76. The Morgan fingerprint density at radius 1 is 1.36 bits per heavy atom. The summed E-state index contributed by atoms with van der Waals surface area (Å²) in [6, 6.07) is 3.59. The number of nitrogens with zero attached hydrogens (tertiary/aromatic N) is 4. The number of likely N-dealkylation sites (tertiary alicyclic amines) is 1. The van der Waals surface area contributed by atoms with Gasteiger partial charge in [-0.1, -0.05) is 6.08 Å². The molecule has 2 heterocycles. The van der Waals surface area contributed by atoms with E-state index < -0.39 is 0 Å². The summed E-state index contributed by atoms with van der Waals surface area (Å²) in [5.41, 5.74) is 1.92. The molecule has 1 aliphatic rings. The van der Waals surface area contributed by atoms with Crippen LogP contribution in [0.25, 0.3) is 11.0 Å². The van der Waals surface area contributed by atoms with Gasteiger partial charge in [-0.15, -0.1) is 6.58 Å². The zero-order chi connectivity index (χ0) is 18.0. The van der Waals surface area contributed by atoms with E-state index >= 15 is 0 Å². The smallest absolute Gasteiger partial charge is 0.254 e. The maximum Gasteiger partial charge on any atom is 0.254 e. The number of rotatable bonds is 6. The van der Waals surface area contributed by atoms with Crippen molar-refractivity contribution in [3.8, 4) is 0 Å². The van der Waals surface area contributed by atoms with Gasteiger partial charge in [0, 0.05) is 31.7 Å². The van der Waals surface area contributed by atoms with Gasteiger partial charge >= 0.3 is 0 Å². The standard InChI is InChI=1S/C18H23N5O2/c1-4-7-23-8-5-6-13(23)11-22(3)18(25)15-10-17-16(19-21-20-17)9-14(15)12(2)24/h4,9-10,13H,1,5-8,11H2,2-3H3,(H,19,20,21). The van der Waals surface area contributed by atoms with E-state index in [9.17, 15) is 9.59 Å². The zero-order valence-electron chi connectivity index (χ0n) is 14.7. The monoisotopic (exact) mass is 341 g/mol. The molecule has 1 atom stereocenters. The second-order valence-electron chi connectivity index (χ2n) is 6.53.